The molecule has 2 aromatic carbocycles. The van der Waals surface area contributed by atoms with E-state index in [9.17, 15) is 13.2 Å². The molecule has 0 radical (unpaired) electrons. The molecule has 2 heterocycles. The second-order valence-corrected chi connectivity index (χ2v) is 9.90. The van der Waals surface area contributed by atoms with Crippen molar-refractivity contribution in [3.8, 4) is 5.75 Å². The maximum Gasteiger partial charge on any atom is 0.255 e. The molecule has 0 unspecified atom stereocenters. The van der Waals surface area contributed by atoms with Crippen LogP contribution in [0.5, 0.6) is 5.75 Å². The van der Waals surface area contributed by atoms with Gasteiger partial charge in [0.25, 0.3) is 5.91 Å². The highest BCUT2D eigenvalue weighted by molar-refractivity contribution is 7.89. The van der Waals surface area contributed by atoms with Gasteiger partial charge < -0.3 is 14.8 Å². The van der Waals surface area contributed by atoms with E-state index < -0.39 is 10.0 Å². The first-order valence-corrected chi connectivity index (χ1v) is 12.4. The number of ether oxygens (including phenoxy) is 2. The topological polar surface area (TPSA) is 103 Å². The van der Waals surface area contributed by atoms with Gasteiger partial charge in [-0.1, -0.05) is 24.3 Å². The van der Waals surface area contributed by atoms with Crippen molar-refractivity contribution in [3.63, 3.8) is 0 Å². The summed E-state index contributed by atoms with van der Waals surface area (Å²) in [7, 11) is -2.09. The summed E-state index contributed by atoms with van der Waals surface area (Å²) in [6.07, 6.45) is 0. The van der Waals surface area contributed by atoms with Crippen molar-refractivity contribution in [2.24, 2.45) is 0 Å². The highest BCUT2D eigenvalue weighted by atomic mass is 32.2. The second-order valence-electron chi connectivity index (χ2n) is 8.03. The number of methoxy groups -OCH3 is 1. The van der Waals surface area contributed by atoms with Crippen molar-refractivity contribution in [1.82, 2.24) is 14.1 Å². The van der Waals surface area contributed by atoms with E-state index in [0.717, 1.165) is 5.56 Å². The van der Waals surface area contributed by atoms with E-state index >= 15 is 0 Å². The Morgan fingerprint density at radius 2 is 1.76 bits per heavy atom. The minimum Gasteiger partial charge on any atom is -0.495 e. The SMILES string of the molecule is COc1ccccc1NC(=O)c1ccc(Cn2nc(C)c(S(=O)(=O)N3CCOCC3)c2C)cc1. The van der Waals surface area contributed by atoms with Crippen LogP contribution in [0.25, 0.3) is 0 Å². The maximum atomic E-state index is 13.2. The fraction of sp³-hybridized carbons (Fsp3) is 0.333. The lowest BCUT2D eigenvalue weighted by Gasteiger charge is -2.26. The quantitative estimate of drug-likeness (QED) is 0.553. The molecule has 1 aromatic heterocycles. The van der Waals surface area contributed by atoms with Crippen LogP contribution in [0.1, 0.15) is 27.3 Å². The first-order valence-electron chi connectivity index (χ1n) is 11.0. The van der Waals surface area contributed by atoms with Gasteiger partial charge in [-0.3, -0.25) is 9.48 Å². The van der Waals surface area contributed by atoms with E-state index in [-0.39, 0.29) is 10.8 Å². The number of hydrogen-bond donors (Lipinski definition) is 1. The summed E-state index contributed by atoms with van der Waals surface area (Å²) in [5.41, 5.74) is 3.04. The largest absolute Gasteiger partial charge is 0.495 e. The number of nitrogens with one attached hydrogen (secondary N) is 1. The Morgan fingerprint density at radius 3 is 2.44 bits per heavy atom. The molecule has 1 amide bonds. The van der Waals surface area contributed by atoms with E-state index in [1.165, 1.54) is 4.31 Å². The molecule has 1 fully saturated rings. The number of hydrogen-bond acceptors (Lipinski definition) is 6. The Bertz CT molecular complexity index is 1280. The number of anilines is 1. The molecule has 1 N–H and O–H groups in total. The molecule has 3 aromatic rings. The van der Waals surface area contributed by atoms with Gasteiger partial charge in [-0.2, -0.15) is 9.40 Å². The van der Waals surface area contributed by atoms with Gasteiger partial charge in [0.15, 0.2) is 0 Å². The number of morpholine rings is 1. The lowest BCUT2D eigenvalue weighted by molar-refractivity contribution is 0.0730. The van der Waals surface area contributed by atoms with Gasteiger partial charge >= 0.3 is 0 Å². The first-order chi connectivity index (χ1) is 16.3. The molecule has 0 aliphatic carbocycles. The summed E-state index contributed by atoms with van der Waals surface area (Å²) in [4.78, 5) is 12.9. The Morgan fingerprint density at radius 1 is 1.09 bits per heavy atom. The summed E-state index contributed by atoms with van der Waals surface area (Å²) in [6.45, 7) is 5.32. The number of carbonyl (C=O) groups is 1. The van der Waals surface area contributed by atoms with Gasteiger partial charge in [-0.25, -0.2) is 8.42 Å². The highest BCUT2D eigenvalue weighted by Crippen LogP contribution is 2.26. The maximum absolute atomic E-state index is 13.2. The summed E-state index contributed by atoms with van der Waals surface area (Å²) >= 11 is 0. The second kappa shape index (κ2) is 9.96. The van der Waals surface area contributed by atoms with E-state index in [0.29, 0.717) is 61.2 Å². The Labute approximate surface area is 199 Å². The third-order valence-corrected chi connectivity index (χ3v) is 7.94. The molecule has 0 saturated carbocycles. The standard InChI is InChI=1S/C24H28N4O5S/c1-17-23(34(30,31)27-12-14-33-15-13-27)18(2)28(26-17)16-19-8-10-20(11-9-19)24(29)25-21-6-4-5-7-22(21)32-3/h4-11H,12-16H2,1-3H3,(H,25,29). The predicted octanol–water partition coefficient (Wildman–Crippen LogP) is 2.83. The van der Waals surface area contributed by atoms with Crippen molar-refractivity contribution in [2.45, 2.75) is 25.3 Å². The molecule has 10 heteroatoms. The molecule has 0 spiro atoms. The number of benzene rings is 2. The fourth-order valence-electron chi connectivity index (χ4n) is 4.00. The Balaban J connectivity index is 1.50. The number of aryl methyl sites for hydroxylation is 1. The zero-order chi connectivity index (χ0) is 24.3. The van der Waals surface area contributed by atoms with E-state index in [1.54, 1.807) is 49.9 Å². The third-order valence-electron chi connectivity index (χ3n) is 5.79. The van der Waals surface area contributed by atoms with Gasteiger partial charge in [0.05, 0.1) is 43.9 Å². The average Bonchev–Trinajstić information content (AvgIpc) is 3.13. The summed E-state index contributed by atoms with van der Waals surface area (Å²) in [6, 6.07) is 14.3. The number of carbonyl (C=O) groups excluding carboxylic acids is 1. The van der Waals surface area contributed by atoms with Crippen molar-refractivity contribution in [3.05, 3.63) is 71.0 Å². The molecule has 0 bridgehead atoms. The lowest BCUT2D eigenvalue weighted by atomic mass is 10.1. The van der Waals surface area contributed by atoms with Crippen LogP contribution >= 0.6 is 0 Å². The number of sulfonamides is 1. The molecule has 1 aliphatic rings. The van der Waals surface area contributed by atoms with Crippen LogP contribution in [-0.4, -0.2) is 61.8 Å². The molecule has 34 heavy (non-hydrogen) atoms. The highest BCUT2D eigenvalue weighted by Gasteiger charge is 2.32. The fourth-order valence-corrected chi connectivity index (χ4v) is 5.78. The van der Waals surface area contributed by atoms with Gasteiger partial charge in [-0.05, 0) is 43.7 Å². The monoisotopic (exact) mass is 484 g/mol. The summed E-state index contributed by atoms with van der Waals surface area (Å²) in [5, 5.41) is 7.34. The number of amides is 1. The molecular weight excluding hydrogens is 456 g/mol. The van der Waals surface area contributed by atoms with Gasteiger partial charge in [0.2, 0.25) is 10.0 Å². The van der Waals surface area contributed by atoms with E-state index in [1.807, 2.05) is 24.3 Å². The van der Waals surface area contributed by atoms with Gasteiger partial charge in [-0.15, -0.1) is 0 Å². The van der Waals surface area contributed by atoms with Crippen LogP contribution < -0.4 is 10.1 Å². The first kappa shape index (κ1) is 23.9. The number of rotatable bonds is 7. The predicted molar refractivity (Wildman–Crippen MR) is 128 cm³/mol. The average molecular weight is 485 g/mol. The molecule has 0 atom stereocenters. The molecule has 1 saturated heterocycles. The summed E-state index contributed by atoms with van der Waals surface area (Å²) in [5.74, 6) is 0.334. The number of nitrogens with zero attached hydrogens (tertiary/aromatic N) is 3. The van der Waals surface area contributed by atoms with Gasteiger partial charge in [0, 0.05) is 18.7 Å². The van der Waals surface area contributed by atoms with Crippen LogP contribution in [0.15, 0.2) is 53.4 Å². The van der Waals surface area contributed by atoms with Crippen LogP contribution in [-0.2, 0) is 21.3 Å². The Kier molecular flexibility index (Phi) is 7.01. The van der Waals surface area contributed by atoms with Gasteiger partial charge in [0.1, 0.15) is 10.6 Å². The smallest absolute Gasteiger partial charge is 0.255 e. The van der Waals surface area contributed by atoms with Crippen LogP contribution in [0, 0.1) is 13.8 Å². The summed E-state index contributed by atoms with van der Waals surface area (Å²) < 4.78 is 40.0. The van der Waals surface area contributed by atoms with E-state index in [2.05, 4.69) is 10.4 Å². The van der Waals surface area contributed by atoms with Crippen molar-refractivity contribution >= 4 is 21.6 Å². The normalized spacial score (nSPS) is 14.7. The molecule has 4 rings (SSSR count). The van der Waals surface area contributed by atoms with Crippen LogP contribution in [0.4, 0.5) is 5.69 Å². The van der Waals surface area contributed by atoms with E-state index in [4.69, 9.17) is 9.47 Å². The third kappa shape index (κ3) is 4.84. The van der Waals surface area contributed by atoms with Crippen molar-refractivity contribution < 1.29 is 22.7 Å². The van der Waals surface area contributed by atoms with Crippen LogP contribution in [0.2, 0.25) is 0 Å². The minimum atomic E-state index is -3.64. The zero-order valence-corrected chi connectivity index (χ0v) is 20.3. The van der Waals surface area contributed by atoms with Crippen LogP contribution in [0.3, 0.4) is 0 Å². The van der Waals surface area contributed by atoms with Crippen molar-refractivity contribution in [2.75, 3.05) is 38.7 Å². The molecule has 180 valence electrons. The number of aromatic nitrogens is 2. The number of para-hydroxylation sites is 2. The Hall–Kier alpha value is -3.21. The lowest BCUT2D eigenvalue weighted by Crippen LogP contribution is -2.41. The molecule has 9 nitrogen and oxygen atoms in total. The van der Waals surface area contributed by atoms with Crippen molar-refractivity contribution in [1.29, 1.82) is 0 Å². The minimum absolute atomic E-state index is 0.249. The molecule has 1 aliphatic heterocycles. The molecular formula is C24H28N4O5S. The zero-order valence-electron chi connectivity index (χ0n) is 19.4.